The van der Waals surface area contributed by atoms with Gasteiger partial charge in [-0.3, -0.25) is 19.0 Å². The van der Waals surface area contributed by atoms with E-state index in [2.05, 4.69) is 70.5 Å². The molecule has 0 aliphatic carbocycles. The zero-order valence-electron chi connectivity index (χ0n) is 18.4. The lowest BCUT2D eigenvalue weighted by Gasteiger charge is -2.39. The first kappa shape index (κ1) is 20.6. The molecule has 1 saturated heterocycles. The van der Waals surface area contributed by atoms with Crippen molar-refractivity contribution in [3.63, 3.8) is 0 Å². The number of hydrogen-bond acceptors (Lipinski definition) is 4. The van der Waals surface area contributed by atoms with Gasteiger partial charge < -0.3 is 0 Å². The van der Waals surface area contributed by atoms with Crippen LogP contribution in [0.1, 0.15) is 28.4 Å². The van der Waals surface area contributed by atoms with Crippen molar-refractivity contribution in [1.29, 1.82) is 0 Å². The molecule has 0 spiro atoms. The van der Waals surface area contributed by atoms with Crippen LogP contribution in [0, 0.1) is 6.92 Å². The summed E-state index contributed by atoms with van der Waals surface area (Å²) in [5, 5.41) is 0. The van der Waals surface area contributed by atoms with Gasteiger partial charge in [0.1, 0.15) is 5.65 Å². The van der Waals surface area contributed by atoms with E-state index in [-0.39, 0.29) is 11.6 Å². The molecule has 3 heterocycles. The molecule has 0 unspecified atom stereocenters. The minimum Gasteiger partial charge on any atom is -0.295 e. The molecule has 0 saturated carbocycles. The van der Waals surface area contributed by atoms with Crippen molar-refractivity contribution in [2.24, 2.45) is 0 Å². The van der Waals surface area contributed by atoms with Crippen molar-refractivity contribution in [3.05, 3.63) is 118 Å². The Morgan fingerprint density at radius 2 is 1.47 bits per heavy atom. The number of fused-ring (bicyclic) bond motifs is 1. The van der Waals surface area contributed by atoms with E-state index in [9.17, 15) is 4.79 Å². The number of benzene rings is 2. The fraction of sp³-hybridized carbons (Fsp3) is 0.259. The van der Waals surface area contributed by atoms with E-state index in [1.807, 2.05) is 25.3 Å². The molecule has 5 nitrogen and oxygen atoms in total. The van der Waals surface area contributed by atoms with Gasteiger partial charge in [0.25, 0.3) is 5.56 Å². The summed E-state index contributed by atoms with van der Waals surface area (Å²) in [7, 11) is 0. The Balaban J connectivity index is 1.31. The molecule has 162 valence electrons. The van der Waals surface area contributed by atoms with Gasteiger partial charge in [0.2, 0.25) is 0 Å². The molecular formula is C27H28N4O. The van der Waals surface area contributed by atoms with Crippen molar-refractivity contribution in [1.82, 2.24) is 19.2 Å². The standard InChI is InChI=1S/C27H28N4O/c1-21-12-13-25-28-24(18-26(32)31(25)19-21)20-29-14-16-30(17-15-29)27(22-8-4-2-5-9-22)23-10-6-3-7-11-23/h2-13,18-19,27H,14-17,20H2,1H3. The van der Waals surface area contributed by atoms with Gasteiger partial charge >= 0.3 is 0 Å². The van der Waals surface area contributed by atoms with Gasteiger partial charge in [0.15, 0.2) is 0 Å². The van der Waals surface area contributed by atoms with Crippen LogP contribution < -0.4 is 5.56 Å². The lowest BCUT2D eigenvalue weighted by atomic mass is 9.96. The third-order valence-corrected chi connectivity index (χ3v) is 6.25. The van der Waals surface area contributed by atoms with Crippen LogP contribution in [-0.4, -0.2) is 45.4 Å². The summed E-state index contributed by atoms with van der Waals surface area (Å²) < 4.78 is 1.63. The van der Waals surface area contributed by atoms with Gasteiger partial charge in [0.05, 0.1) is 11.7 Å². The van der Waals surface area contributed by atoms with E-state index >= 15 is 0 Å². The van der Waals surface area contributed by atoms with Crippen molar-refractivity contribution >= 4 is 5.65 Å². The number of rotatable bonds is 5. The van der Waals surface area contributed by atoms with Crippen LogP contribution in [0.3, 0.4) is 0 Å². The van der Waals surface area contributed by atoms with Gasteiger partial charge in [-0.05, 0) is 29.7 Å². The first-order valence-electron chi connectivity index (χ1n) is 11.2. The molecular weight excluding hydrogens is 396 g/mol. The first-order chi connectivity index (χ1) is 15.7. The van der Waals surface area contributed by atoms with Gasteiger partial charge in [-0.15, -0.1) is 0 Å². The molecule has 32 heavy (non-hydrogen) atoms. The zero-order valence-corrected chi connectivity index (χ0v) is 18.4. The van der Waals surface area contributed by atoms with Crippen LogP contribution in [0.5, 0.6) is 0 Å². The Bertz CT molecular complexity index is 1210. The summed E-state index contributed by atoms with van der Waals surface area (Å²) in [6.45, 7) is 6.53. The van der Waals surface area contributed by atoms with Crippen LogP contribution in [0.4, 0.5) is 0 Å². The summed E-state index contributed by atoms with van der Waals surface area (Å²) in [6, 6.07) is 27.3. The Kier molecular flexibility index (Phi) is 5.84. The molecule has 0 amide bonds. The number of nitrogens with zero attached hydrogens (tertiary/aromatic N) is 4. The van der Waals surface area contributed by atoms with Crippen LogP contribution in [0.2, 0.25) is 0 Å². The molecule has 2 aromatic carbocycles. The second-order valence-corrected chi connectivity index (χ2v) is 8.56. The van der Waals surface area contributed by atoms with Gasteiger partial charge in [-0.25, -0.2) is 4.98 Å². The van der Waals surface area contributed by atoms with Crippen LogP contribution >= 0.6 is 0 Å². The smallest absolute Gasteiger partial charge is 0.258 e. The molecule has 1 aliphatic rings. The van der Waals surface area contributed by atoms with E-state index in [1.54, 1.807) is 10.5 Å². The largest absolute Gasteiger partial charge is 0.295 e. The summed E-state index contributed by atoms with van der Waals surface area (Å²) >= 11 is 0. The lowest BCUT2D eigenvalue weighted by molar-refractivity contribution is 0.104. The molecule has 5 heteroatoms. The van der Waals surface area contributed by atoms with Gasteiger partial charge in [0, 0.05) is 45.0 Å². The molecule has 1 aliphatic heterocycles. The van der Waals surface area contributed by atoms with Crippen molar-refractivity contribution in [3.8, 4) is 0 Å². The van der Waals surface area contributed by atoms with E-state index in [1.165, 1.54) is 11.1 Å². The molecule has 1 fully saturated rings. The summed E-state index contributed by atoms with van der Waals surface area (Å²) in [5.41, 5.74) is 5.25. The highest BCUT2D eigenvalue weighted by molar-refractivity contribution is 5.40. The van der Waals surface area contributed by atoms with E-state index in [0.29, 0.717) is 12.2 Å². The normalized spacial score (nSPS) is 15.4. The first-order valence-corrected chi connectivity index (χ1v) is 11.2. The number of pyridine rings is 1. The second kappa shape index (κ2) is 9.07. The highest BCUT2D eigenvalue weighted by Crippen LogP contribution is 2.29. The summed E-state index contributed by atoms with van der Waals surface area (Å²) in [4.78, 5) is 22.2. The van der Waals surface area contributed by atoms with E-state index in [4.69, 9.17) is 4.98 Å². The molecule has 2 aromatic heterocycles. The average Bonchev–Trinajstić information content (AvgIpc) is 2.82. The third-order valence-electron chi connectivity index (χ3n) is 6.25. The van der Waals surface area contributed by atoms with Crippen LogP contribution in [0.25, 0.3) is 5.65 Å². The Hall–Kier alpha value is -3.28. The van der Waals surface area contributed by atoms with E-state index in [0.717, 1.165) is 37.4 Å². The number of hydrogen-bond donors (Lipinski definition) is 0. The lowest BCUT2D eigenvalue weighted by Crippen LogP contribution is -2.47. The Morgan fingerprint density at radius 1 is 0.844 bits per heavy atom. The zero-order chi connectivity index (χ0) is 21.9. The molecule has 0 bridgehead atoms. The number of aromatic nitrogens is 2. The van der Waals surface area contributed by atoms with E-state index < -0.39 is 0 Å². The summed E-state index contributed by atoms with van der Waals surface area (Å²) in [6.07, 6.45) is 1.85. The number of aryl methyl sites for hydroxylation is 1. The molecule has 4 aromatic rings. The minimum absolute atomic E-state index is 0.0134. The molecule has 0 atom stereocenters. The maximum Gasteiger partial charge on any atom is 0.258 e. The van der Waals surface area contributed by atoms with Gasteiger partial charge in [-0.2, -0.15) is 0 Å². The molecule has 0 radical (unpaired) electrons. The minimum atomic E-state index is -0.0134. The Morgan fingerprint density at radius 3 is 2.09 bits per heavy atom. The molecule has 5 rings (SSSR count). The molecule has 0 N–H and O–H groups in total. The SMILES string of the molecule is Cc1ccc2nc(CN3CCN(C(c4ccccc4)c4ccccc4)CC3)cc(=O)n2c1. The Labute approximate surface area is 188 Å². The quantitative estimate of drug-likeness (QED) is 0.487. The van der Waals surface area contributed by atoms with Gasteiger partial charge in [-0.1, -0.05) is 66.7 Å². The fourth-order valence-electron chi connectivity index (χ4n) is 4.63. The second-order valence-electron chi connectivity index (χ2n) is 8.56. The maximum atomic E-state index is 12.5. The highest BCUT2D eigenvalue weighted by atomic mass is 16.1. The maximum absolute atomic E-state index is 12.5. The number of piperazine rings is 1. The van der Waals surface area contributed by atoms with Crippen molar-refractivity contribution in [2.45, 2.75) is 19.5 Å². The predicted molar refractivity (Wildman–Crippen MR) is 128 cm³/mol. The monoisotopic (exact) mass is 424 g/mol. The van der Waals surface area contributed by atoms with Crippen LogP contribution in [-0.2, 0) is 6.54 Å². The highest BCUT2D eigenvalue weighted by Gasteiger charge is 2.26. The topological polar surface area (TPSA) is 40.9 Å². The summed E-state index contributed by atoms with van der Waals surface area (Å²) in [5.74, 6) is 0. The van der Waals surface area contributed by atoms with Crippen molar-refractivity contribution in [2.75, 3.05) is 26.2 Å². The predicted octanol–water partition coefficient (Wildman–Crippen LogP) is 3.91. The van der Waals surface area contributed by atoms with Crippen LogP contribution in [0.15, 0.2) is 89.9 Å². The van der Waals surface area contributed by atoms with Crippen molar-refractivity contribution < 1.29 is 0 Å². The third kappa shape index (κ3) is 4.35. The average molecular weight is 425 g/mol. The fourth-order valence-corrected chi connectivity index (χ4v) is 4.63.